The zero-order valence-corrected chi connectivity index (χ0v) is 20.8. The molecule has 1 aromatic heterocycles. The highest BCUT2D eigenvalue weighted by Crippen LogP contribution is 2.27. The van der Waals surface area contributed by atoms with Gasteiger partial charge in [-0.25, -0.2) is 4.79 Å². The van der Waals surface area contributed by atoms with E-state index < -0.39 is 12.1 Å². The molecule has 7 nitrogen and oxygen atoms in total. The van der Waals surface area contributed by atoms with E-state index in [1.54, 1.807) is 12.1 Å². The van der Waals surface area contributed by atoms with Crippen molar-refractivity contribution in [1.82, 2.24) is 15.5 Å². The number of aromatic nitrogens is 2. The van der Waals surface area contributed by atoms with Crippen molar-refractivity contribution >= 4 is 66.0 Å². The van der Waals surface area contributed by atoms with Crippen molar-refractivity contribution in [3.63, 3.8) is 0 Å². The predicted octanol–water partition coefficient (Wildman–Crippen LogP) is 5.91. The van der Waals surface area contributed by atoms with E-state index in [0.717, 1.165) is 20.9 Å². The second kappa shape index (κ2) is 10.8. The molecular formula is C21H21Br2N5O2S. The van der Waals surface area contributed by atoms with Gasteiger partial charge in [-0.05, 0) is 36.2 Å². The number of hydrogen-bond donors (Lipinski definition) is 3. The van der Waals surface area contributed by atoms with E-state index in [9.17, 15) is 9.59 Å². The molecule has 0 bridgehead atoms. The van der Waals surface area contributed by atoms with Crippen LogP contribution in [0.5, 0.6) is 0 Å². The second-order valence-electron chi connectivity index (χ2n) is 6.88. The lowest BCUT2D eigenvalue weighted by atomic mass is 9.98. The Balaban J connectivity index is 1.67. The zero-order valence-electron chi connectivity index (χ0n) is 16.9. The van der Waals surface area contributed by atoms with Gasteiger partial charge in [-0.15, -0.1) is 10.2 Å². The molecule has 2 aromatic carbocycles. The summed E-state index contributed by atoms with van der Waals surface area (Å²) < 4.78 is 1.82. The summed E-state index contributed by atoms with van der Waals surface area (Å²) >= 11 is 8.05. The molecule has 31 heavy (non-hydrogen) atoms. The van der Waals surface area contributed by atoms with Gasteiger partial charge in [0.2, 0.25) is 11.0 Å². The largest absolute Gasteiger partial charge is 0.326 e. The topological polar surface area (TPSA) is 96.0 Å². The monoisotopic (exact) mass is 565 g/mol. The number of benzene rings is 2. The number of nitrogens with one attached hydrogen (secondary N) is 3. The molecule has 162 valence electrons. The van der Waals surface area contributed by atoms with Crippen LogP contribution >= 0.6 is 43.2 Å². The van der Waals surface area contributed by atoms with Crippen molar-refractivity contribution in [2.45, 2.75) is 26.3 Å². The minimum Gasteiger partial charge on any atom is -0.326 e. The number of halogens is 2. The van der Waals surface area contributed by atoms with Crippen molar-refractivity contribution in [3.05, 3.63) is 57.5 Å². The van der Waals surface area contributed by atoms with Gasteiger partial charge in [0.05, 0.1) is 0 Å². The molecule has 0 aliphatic carbocycles. The van der Waals surface area contributed by atoms with Crippen molar-refractivity contribution in [2.24, 2.45) is 5.92 Å². The lowest BCUT2D eigenvalue weighted by molar-refractivity contribution is -0.119. The quantitative estimate of drug-likeness (QED) is 0.331. The van der Waals surface area contributed by atoms with Crippen LogP contribution in [-0.4, -0.2) is 28.2 Å². The maximum absolute atomic E-state index is 12.9. The third-order valence-corrected chi connectivity index (χ3v) is 6.52. The maximum atomic E-state index is 12.9. The first-order valence-electron chi connectivity index (χ1n) is 9.59. The molecule has 2 atom stereocenters. The van der Waals surface area contributed by atoms with E-state index >= 15 is 0 Å². The number of urea groups is 1. The summed E-state index contributed by atoms with van der Waals surface area (Å²) in [5.74, 6) is -0.413. The standard InChI is InChI=1S/C21H21Br2N5O2S/c1-3-12(2)17(25-20(30)24-16-6-4-5-15(23)11-16)18(29)26-21-28-27-19(31-21)13-7-9-14(22)10-8-13/h4-12,17H,3H2,1-2H3,(H2,24,25,30)(H,26,28,29)/t12-,17+/m0/s1. The van der Waals surface area contributed by atoms with Gasteiger partial charge in [0.1, 0.15) is 11.0 Å². The lowest BCUT2D eigenvalue weighted by Gasteiger charge is -2.23. The van der Waals surface area contributed by atoms with Gasteiger partial charge >= 0.3 is 6.03 Å². The minimum absolute atomic E-state index is 0.0767. The Morgan fingerprint density at radius 1 is 1.03 bits per heavy atom. The van der Waals surface area contributed by atoms with Crippen LogP contribution in [0.4, 0.5) is 15.6 Å². The molecule has 3 N–H and O–H groups in total. The third kappa shape index (κ3) is 6.59. The van der Waals surface area contributed by atoms with Gasteiger partial charge in [0.25, 0.3) is 0 Å². The molecule has 0 spiro atoms. The number of amides is 3. The van der Waals surface area contributed by atoms with Gasteiger partial charge in [-0.2, -0.15) is 0 Å². The fraction of sp³-hybridized carbons (Fsp3) is 0.238. The van der Waals surface area contributed by atoms with Crippen molar-refractivity contribution in [3.8, 4) is 10.6 Å². The second-order valence-corrected chi connectivity index (χ2v) is 9.69. The third-order valence-electron chi connectivity index (χ3n) is 4.61. The SMILES string of the molecule is CC[C@H](C)[C@@H](NC(=O)Nc1cccc(Br)c1)C(=O)Nc1nnc(-c2ccc(Br)cc2)s1. The average Bonchev–Trinajstić information content (AvgIpc) is 3.20. The average molecular weight is 567 g/mol. The molecule has 0 saturated heterocycles. The molecule has 0 aliphatic heterocycles. The van der Waals surface area contributed by atoms with E-state index in [4.69, 9.17) is 0 Å². The van der Waals surface area contributed by atoms with E-state index in [0.29, 0.717) is 15.8 Å². The first-order chi connectivity index (χ1) is 14.9. The molecule has 3 rings (SSSR count). The van der Waals surface area contributed by atoms with Gasteiger partial charge in [-0.3, -0.25) is 10.1 Å². The molecule has 0 saturated carbocycles. The fourth-order valence-corrected chi connectivity index (χ4v) is 4.16. The number of anilines is 2. The van der Waals surface area contributed by atoms with Crippen molar-refractivity contribution in [2.75, 3.05) is 10.6 Å². The van der Waals surface area contributed by atoms with E-state index in [1.807, 2.05) is 50.2 Å². The summed E-state index contributed by atoms with van der Waals surface area (Å²) in [6.07, 6.45) is 0.718. The first kappa shape index (κ1) is 23.4. The number of carbonyl (C=O) groups is 2. The zero-order chi connectivity index (χ0) is 22.4. The summed E-state index contributed by atoms with van der Waals surface area (Å²) in [5, 5.41) is 17.6. The van der Waals surface area contributed by atoms with Crippen LogP contribution in [0.15, 0.2) is 57.5 Å². The molecule has 3 amide bonds. The molecule has 10 heteroatoms. The number of carbonyl (C=O) groups excluding carboxylic acids is 2. The van der Waals surface area contributed by atoms with Crippen LogP contribution in [0.1, 0.15) is 20.3 Å². The van der Waals surface area contributed by atoms with Crippen LogP contribution in [0.2, 0.25) is 0 Å². The van der Waals surface area contributed by atoms with Crippen molar-refractivity contribution < 1.29 is 9.59 Å². The van der Waals surface area contributed by atoms with Crippen LogP contribution in [0, 0.1) is 5.92 Å². The molecular weight excluding hydrogens is 546 g/mol. The Labute approximate surface area is 201 Å². The first-order valence-corrected chi connectivity index (χ1v) is 12.0. The Morgan fingerprint density at radius 2 is 1.77 bits per heavy atom. The summed E-state index contributed by atoms with van der Waals surface area (Å²) in [7, 11) is 0. The number of rotatable bonds is 7. The highest BCUT2D eigenvalue weighted by molar-refractivity contribution is 9.10. The van der Waals surface area contributed by atoms with E-state index in [1.165, 1.54) is 11.3 Å². The van der Waals surface area contributed by atoms with E-state index in [-0.39, 0.29) is 11.8 Å². The van der Waals surface area contributed by atoms with Crippen LogP contribution in [0.25, 0.3) is 10.6 Å². The molecule has 0 aliphatic rings. The Morgan fingerprint density at radius 3 is 2.45 bits per heavy atom. The van der Waals surface area contributed by atoms with Gasteiger partial charge in [0, 0.05) is 20.2 Å². The molecule has 0 fully saturated rings. The van der Waals surface area contributed by atoms with Crippen LogP contribution < -0.4 is 16.0 Å². The van der Waals surface area contributed by atoms with Crippen molar-refractivity contribution in [1.29, 1.82) is 0 Å². The Kier molecular flexibility index (Phi) is 8.16. The smallest absolute Gasteiger partial charge is 0.319 e. The molecule has 0 unspecified atom stereocenters. The number of hydrogen-bond acceptors (Lipinski definition) is 5. The minimum atomic E-state index is -0.725. The van der Waals surface area contributed by atoms with E-state index in [2.05, 4.69) is 58.0 Å². The van der Waals surface area contributed by atoms with Crippen LogP contribution in [-0.2, 0) is 4.79 Å². The highest BCUT2D eigenvalue weighted by atomic mass is 79.9. The number of nitrogens with zero attached hydrogens (tertiary/aromatic N) is 2. The van der Waals surface area contributed by atoms with Gasteiger partial charge in [0.15, 0.2) is 0 Å². The summed E-state index contributed by atoms with van der Waals surface area (Å²) in [6.45, 7) is 3.88. The highest BCUT2D eigenvalue weighted by Gasteiger charge is 2.27. The lowest BCUT2D eigenvalue weighted by Crippen LogP contribution is -2.49. The Hall–Kier alpha value is -2.30. The maximum Gasteiger partial charge on any atom is 0.319 e. The van der Waals surface area contributed by atoms with Crippen LogP contribution in [0.3, 0.4) is 0 Å². The summed E-state index contributed by atoms with van der Waals surface area (Å²) in [5.41, 5.74) is 1.53. The Bertz CT molecular complexity index is 1060. The molecule has 1 heterocycles. The summed E-state index contributed by atoms with van der Waals surface area (Å²) in [6, 6.07) is 13.7. The van der Waals surface area contributed by atoms with Gasteiger partial charge < -0.3 is 10.6 Å². The fourth-order valence-electron chi connectivity index (χ4n) is 2.74. The predicted molar refractivity (Wildman–Crippen MR) is 131 cm³/mol. The summed E-state index contributed by atoms with van der Waals surface area (Å²) in [4.78, 5) is 25.4. The van der Waals surface area contributed by atoms with Gasteiger partial charge in [-0.1, -0.05) is 81.7 Å². The molecule has 0 radical (unpaired) electrons. The normalized spacial score (nSPS) is 12.6. The molecule has 3 aromatic rings.